The van der Waals surface area contributed by atoms with E-state index in [4.69, 9.17) is 10.8 Å². The highest BCUT2D eigenvalue weighted by atomic mass is 32.1. The average molecular weight is 544 g/mol. The second-order valence-corrected chi connectivity index (χ2v) is 8.64. The standard InChI is InChI=1S/C23H25N7O7S/c24-23-29-18-17(20(33)30-23)27-14(9-26-18)8-25-13-3-1-11(2-4-13)19(32)28-16(22(36)37)6-5-15(31)7-12(10-38)21(34)35/h1-4,9,12,16,25,38H,5-8,10H2,(H,28,32)(H,34,35)(H,36,37)(H3,24,26,29,30,33). The predicted molar refractivity (Wildman–Crippen MR) is 139 cm³/mol. The second kappa shape index (κ2) is 12.6. The summed E-state index contributed by atoms with van der Waals surface area (Å²) < 4.78 is 0. The first kappa shape index (κ1) is 28.0. The van der Waals surface area contributed by atoms with Crippen molar-refractivity contribution < 1.29 is 29.4 Å². The molecule has 14 nitrogen and oxygen atoms in total. The fourth-order valence-corrected chi connectivity index (χ4v) is 3.68. The van der Waals surface area contributed by atoms with Gasteiger partial charge in [0.2, 0.25) is 5.95 Å². The van der Waals surface area contributed by atoms with Gasteiger partial charge in [-0.25, -0.2) is 14.8 Å². The van der Waals surface area contributed by atoms with Gasteiger partial charge in [0.25, 0.3) is 11.5 Å². The van der Waals surface area contributed by atoms with E-state index in [0.717, 1.165) is 0 Å². The molecule has 3 rings (SSSR count). The fraction of sp³-hybridized carbons (Fsp3) is 0.304. The number of carbonyl (C=O) groups is 4. The molecule has 0 aliphatic heterocycles. The maximum Gasteiger partial charge on any atom is 0.326 e. The first-order valence-electron chi connectivity index (χ1n) is 11.3. The molecule has 38 heavy (non-hydrogen) atoms. The number of anilines is 2. The van der Waals surface area contributed by atoms with Crippen molar-refractivity contribution >= 4 is 59.1 Å². The molecule has 3 aromatic rings. The summed E-state index contributed by atoms with van der Waals surface area (Å²) in [7, 11) is 0. The van der Waals surface area contributed by atoms with E-state index in [-0.39, 0.29) is 54.2 Å². The highest BCUT2D eigenvalue weighted by molar-refractivity contribution is 7.80. The quantitative estimate of drug-likeness (QED) is 0.146. The Hall–Kier alpha value is -4.53. The number of nitrogens with two attached hydrogens (primary N) is 1. The zero-order valence-corrected chi connectivity index (χ0v) is 20.8. The molecule has 1 amide bonds. The van der Waals surface area contributed by atoms with Crippen molar-refractivity contribution in [1.29, 1.82) is 0 Å². The molecular weight excluding hydrogens is 518 g/mol. The molecule has 15 heteroatoms. The molecule has 0 fully saturated rings. The number of aromatic amines is 1. The van der Waals surface area contributed by atoms with Gasteiger partial charge in [-0.2, -0.15) is 17.6 Å². The van der Waals surface area contributed by atoms with Crippen LogP contribution in [0.15, 0.2) is 35.3 Å². The van der Waals surface area contributed by atoms with Gasteiger partial charge in [-0.05, 0) is 30.7 Å². The number of Topliss-reactive ketones (excluding diaryl/α,β-unsaturated/α-hetero) is 1. The number of benzene rings is 1. The molecule has 0 saturated carbocycles. The normalized spacial score (nSPS) is 12.4. The van der Waals surface area contributed by atoms with Gasteiger partial charge in [0, 0.05) is 29.8 Å². The Balaban J connectivity index is 1.56. The van der Waals surface area contributed by atoms with E-state index < -0.39 is 41.1 Å². The summed E-state index contributed by atoms with van der Waals surface area (Å²) in [5, 5.41) is 23.9. The van der Waals surface area contributed by atoms with Crippen LogP contribution in [0, 0.1) is 5.92 Å². The minimum Gasteiger partial charge on any atom is -0.481 e. The summed E-state index contributed by atoms with van der Waals surface area (Å²) in [6.07, 6.45) is 0.793. The van der Waals surface area contributed by atoms with Crippen molar-refractivity contribution in [3.05, 3.63) is 52.1 Å². The third kappa shape index (κ3) is 7.49. The summed E-state index contributed by atoms with van der Waals surface area (Å²) in [5.74, 6) is -4.59. The van der Waals surface area contributed by atoms with E-state index in [0.29, 0.717) is 11.4 Å². The number of thiol groups is 1. The van der Waals surface area contributed by atoms with Gasteiger partial charge in [-0.3, -0.25) is 24.2 Å². The van der Waals surface area contributed by atoms with Crippen molar-refractivity contribution in [1.82, 2.24) is 25.3 Å². The van der Waals surface area contributed by atoms with E-state index in [1.807, 2.05) is 0 Å². The van der Waals surface area contributed by atoms with E-state index in [9.17, 15) is 29.1 Å². The zero-order chi connectivity index (χ0) is 27.8. The number of rotatable bonds is 13. The van der Waals surface area contributed by atoms with Crippen LogP contribution < -0.4 is 21.9 Å². The van der Waals surface area contributed by atoms with Gasteiger partial charge in [0.05, 0.1) is 24.4 Å². The molecule has 1 aromatic carbocycles. The lowest BCUT2D eigenvalue weighted by Crippen LogP contribution is -2.41. The van der Waals surface area contributed by atoms with E-state index in [2.05, 4.69) is 43.2 Å². The van der Waals surface area contributed by atoms with E-state index in [1.54, 1.807) is 12.1 Å². The molecule has 0 radical (unpaired) electrons. The van der Waals surface area contributed by atoms with Crippen LogP contribution in [0.5, 0.6) is 0 Å². The largest absolute Gasteiger partial charge is 0.481 e. The lowest BCUT2D eigenvalue weighted by atomic mass is 10.00. The molecule has 2 atom stereocenters. The van der Waals surface area contributed by atoms with Crippen LogP contribution in [0.25, 0.3) is 11.2 Å². The van der Waals surface area contributed by atoms with Crippen LogP contribution in [0.1, 0.15) is 35.3 Å². The molecule has 7 N–H and O–H groups in total. The van der Waals surface area contributed by atoms with Crippen LogP contribution in [0.4, 0.5) is 11.6 Å². The highest BCUT2D eigenvalue weighted by Gasteiger charge is 2.24. The third-order valence-electron chi connectivity index (χ3n) is 5.47. The molecule has 2 unspecified atom stereocenters. The molecule has 2 heterocycles. The number of aliphatic carboxylic acids is 2. The Morgan fingerprint density at radius 2 is 1.79 bits per heavy atom. The summed E-state index contributed by atoms with van der Waals surface area (Å²) in [6.45, 7) is 0.212. The number of nitrogen functional groups attached to an aromatic ring is 1. The average Bonchev–Trinajstić information content (AvgIpc) is 2.88. The minimum atomic E-state index is -1.33. The smallest absolute Gasteiger partial charge is 0.326 e. The van der Waals surface area contributed by atoms with Crippen molar-refractivity contribution in [2.75, 3.05) is 16.8 Å². The van der Waals surface area contributed by atoms with Gasteiger partial charge in [-0.15, -0.1) is 0 Å². The number of aromatic nitrogens is 4. The SMILES string of the molecule is Nc1nc2ncc(CNc3ccc(C(=O)NC(CCC(=O)CC(CS)C(=O)O)C(=O)O)cc3)nc2c(=O)[nH]1. The molecule has 2 aromatic heterocycles. The number of hydrogen-bond acceptors (Lipinski definition) is 11. The summed E-state index contributed by atoms with van der Waals surface area (Å²) in [4.78, 5) is 73.8. The van der Waals surface area contributed by atoms with Crippen LogP contribution in [0.3, 0.4) is 0 Å². The maximum atomic E-state index is 12.6. The number of H-pyrrole nitrogens is 1. The number of nitrogens with one attached hydrogen (secondary N) is 3. The zero-order valence-electron chi connectivity index (χ0n) is 19.9. The number of fused-ring (bicyclic) bond motifs is 1. The number of nitrogens with zero attached hydrogens (tertiary/aromatic N) is 3. The predicted octanol–water partition coefficient (Wildman–Crippen LogP) is 0.460. The fourth-order valence-electron chi connectivity index (χ4n) is 3.40. The van der Waals surface area contributed by atoms with Gasteiger partial charge in [0.15, 0.2) is 11.2 Å². The molecular formula is C23H25N7O7S. The molecule has 0 aliphatic carbocycles. The summed E-state index contributed by atoms with van der Waals surface area (Å²) >= 11 is 3.90. The van der Waals surface area contributed by atoms with Crippen molar-refractivity contribution in [3.63, 3.8) is 0 Å². The van der Waals surface area contributed by atoms with Crippen LogP contribution in [-0.2, 0) is 20.9 Å². The molecule has 0 spiro atoms. The van der Waals surface area contributed by atoms with Gasteiger partial charge in [-0.1, -0.05) is 0 Å². The van der Waals surface area contributed by atoms with Crippen molar-refractivity contribution in [3.8, 4) is 0 Å². The van der Waals surface area contributed by atoms with E-state index in [1.165, 1.54) is 18.3 Å². The Bertz CT molecular complexity index is 1410. The van der Waals surface area contributed by atoms with Gasteiger partial charge in [0.1, 0.15) is 11.8 Å². The number of carboxylic acid groups (broad SMARTS) is 2. The Morgan fingerprint density at radius 3 is 2.42 bits per heavy atom. The van der Waals surface area contributed by atoms with E-state index >= 15 is 0 Å². The van der Waals surface area contributed by atoms with Crippen LogP contribution >= 0.6 is 12.6 Å². The van der Waals surface area contributed by atoms with Crippen molar-refractivity contribution in [2.24, 2.45) is 5.92 Å². The number of ketones is 1. The summed E-state index contributed by atoms with van der Waals surface area (Å²) in [5.41, 5.74) is 6.41. The van der Waals surface area contributed by atoms with Crippen LogP contribution in [-0.4, -0.2) is 65.6 Å². The maximum absolute atomic E-state index is 12.6. The first-order chi connectivity index (χ1) is 18.1. The van der Waals surface area contributed by atoms with Gasteiger partial charge < -0.3 is 26.6 Å². The molecule has 0 bridgehead atoms. The minimum absolute atomic E-state index is 0.0203. The van der Waals surface area contributed by atoms with Crippen molar-refractivity contribution in [2.45, 2.75) is 31.8 Å². The second-order valence-electron chi connectivity index (χ2n) is 8.28. The third-order valence-corrected chi connectivity index (χ3v) is 5.91. The van der Waals surface area contributed by atoms with Gasteiger partial charge >= 0.3 is 11.9 Å². The topological polar surface area (TPSA) is 230 Å². The Kier molecular flexibility index (Phi) is 9.32. The summed E-state index contributed by atoms with van der Waals surface area (Å²) in [6, 6.07) is 4.83. The number of carboxylic acids is 2. The molecule has 0 saturated heterocycles. The lowest BCUT2D eigenvalue weighted by Gasteiger charge is -2.15. The number of amides is 1. The number of hydrogen-bond donors (Lipinski definition) is 7. The lowest BCUT2D eigenvalue weighted by molar-refractivity contribution is -0.143. The first-order valence-corrected chi connectivity index (χ1v) is 11.9. The molecule has 200 valence electrons. The Morgan fingerprint density at radius 1 is 1.08 bits per heavy atom. The Labute approximate surface area is 220 Å². The highest BCUT2D eigenvalue weighted by Crippen LogP contribution is 2.14. The van der Waals surface area contributed by atoms with Crippen LogP contribution in [0.2, 0.25) is 0 Å². The molecule has 0 aliphatic rings. The number of carbonyl (C=O) groups excluding carboxylic acids is 2. The monoisotopic (exact) mass is 543 g/mol.